The van der Waals surface area contributed by atoms with Crippen molar-refractivity contribution in [3.8, 4) is 33.6 Å². The van der Waals surface area contributed by atoms with Crippen LogP contribution in [0, 0.1) is 12.1 Å². The van der Waals surface area contributed by atoms with Gasteiger partial charge in [0.1, 0.15) is 0 Å². The van der Waals surface area contributed by atoms with Crippen molar-refractivity contribution in [1.29, 1.82) is 0 Å². The van der Waals surface area contributed by atoms with Gasteiger partial charge in [-0.2, -0.15) is 0 Å². The van der Waals surface area contributed by atoms with Gasteiger partial charge < -0.3 is 9.97 Å². The zero-order valence-electron chi connectivity index (χ0n) is 26.9. The van der Waals surface area contributed by atoms with Gasteiger partial charge in [-0.1, -0.05) is 99.4 Å². The molecule has 0 bridgehead atoms. The van der Waals surface area contributed by atoms with Gasteiger partial charge in [0, 0.05) is 32.5 Å². The summed E-state index contributed by atoms with van der Waals surface area (Å²) in [7, 11) is -1.34. The van der Waals surface area contributed by atoms with Gasteiger partial charge in [-0.15, -0.1) is 71.3 Å². The van der Waals surface area contributed by atoms with Crippen LogP contribution in [0.3, 0.4) is 0 Å². The first-order valence-electron chi connectivity index (χ1n) is 16.5. The van der Waals surface area contributed by atoms with Gasteiger partial charge >= 0.3 is 0 Å². The van der Waals surface area contributed by atoms with E-state index in [1.165, 1.54) is 62.5 Å². The van der Waals surface area contributed by atoms with Crippen molar-refractivity contribution in [2.24, 2.45) is 0 Å². The molecule has 0 atom stereocenters. The molecule has 0 unspecified atom stereocenters. The fourth-order valence-electron chi connectivity index (χ4n) is 6.87. The molecule has 3 aromatic carbocycles. The van der Waals surface area contributed by atoms with E-state index in [4.69, 9.17) is 4.98 Å². The Balaban J connectivity index is 0.000000175. The first-order valence-corrected chi connectivity index (χ1v) is 20.0. The number of benzene rings is 3. The second-order valence-corrected chi connectivity index (χ2v) is 18.5. The number of nitrogens with zero attached hydrogens (tertiary/aromatic N) is 2. The molecule has 0 amide bonds. The van der Waals surface area contributed by atoms with Gasteiger partial charge in [-0.05, 0) is 65.2 Å². The zero-order chi connectivity index (χ0) is 30.4. The van der Waals surface area contributed by atoms with Crippen molar-refractivity contribution >= 4 is 13.3 Å². The van der Waals surface area contributed by atoms with E-state index < -0.39 is 8.07 Å². The molecular weight excluding hydrogens is 741 g/mol. The molecule has 4 heteroatoms. The summed E-state index contributed by atoms with van der Waals surface area (Å²) < 4.78 is 0. The van der Waals surface area contributed by atoms with Crippen molar-refractivity contribution in [3.63, 3.8) is 0 Å². The average molecular weight is 785 g/mol. The quantitative estimate of drug-likeness (QED) is 0.127. The van der Waals surface area contributed by atoms with Crippen LogP contribution >= 0.6 is 0 Å². The van der Waals surface area contributed by atoms with Crippen LogP contribution in [0.2, 0.25) is 19.6 Å². The maximum Gasteiger partial charge on any atom is 0.0799 e. The van der Waals surface area contributed by atoms with Gasteiger partial charge in [0.25, 0.3) is 0 Å². The molecule has 5 aromatic rings. The Bertz CT molecular complexity index is 1630. The summed E-state index contributed by atoms with van der Waals surface area (Å²) in [4.78, 5) is 9.41. The molecule has 2 fully saturated rings. The average Bonchev–Trinajstić information content (AvgIpc) is 3.81. The number of pyridine rings is 2. The van der Waals surface area contributed by atoms with Crippen LogP contribution in [0.5, 0.6) is 0 Å². The predicted octanol–water partition coefficient (Wildman–Crippen LogP) is 10.6. The summed E-state index contributed by atoms with van der Waals surface area (Å²) in [6.07, 6.45) is 14.9. The third-order valence-electron chi connectivity index (χ3n) is 9.32. The maximum atomic E-state index is 4.75. The number of hydrogen-bond donors (Lipinski definition) is 0. The van der Waals surface area contributed by atoms with Crippen LogP contribution in [-0.2, 0) is 20.1 Å². The Kier molecular flexibility index (Phi) is 11.4. The topological polar surface area (TPSA) is 25.8 Å². The second-order valence-electron chi connectivity index (χ2n) is 13.5. The van der Waals surface area contributed by atoms with Gasteiger partial charge in [0.15, 0.2) is 0 Å². The van der Waals surface area contributed by atoms with Gasteiger partial charge in [0.2, 0.25) is 0 Å². The summed E-state index contributed by atoms with van der Waals surface area (Å²) in [5.41, 5.74) is 9.69. The van der Waals surface area contributed by atoms with E-state index in [2.05, 4.69) is 116 Å². The molecule has 2 aliphatic carbocycles. The van der Waals surface area contributed by atoms with Crippen LogP contribution in [0.25, 0.3) is 33.6 Å². The van der Waals surface area contributed by atoms with E-state index in [0.717, 1.165) is 39.9 Å². The monoisotopic (exact) mass is 785 g/mol. The minimum absolute atomic E-state index is 0. The summed E-state index contributed by atoms with van der Waals surface area (Å²) in [5.74, 6) is 1.48. The van der Waals surface area contributed by atoms with Gasteiger partial charge in [-0.3, -0.25) is 0 Å². The van der Waals surface area contributed by atoms with E-state index in [1.54, 1.807) is 10.8 Å². The molecule has 2 aromatic heterocycles. The van der Waals surface area contributed by atoms with Crippen molar-refractivity contribution in [1.82, 2.24) is 9.97 Å². The van der Waals surface area contributed by atoms with Crippen molar-refractivity contribution in [3.05, 3.63) is 127 Å². The smallest absolute Gasteiger partial charge is 0.0799 e. The SMILES string of the molecule is C[Si](C)(C)c1cnc(-c2[c-]cccc2)cc1C1CCCC1.[Ir].[c-]1ccc(C2CCCC2)cc1-c1ccc(-c2ccccc2)cn1. The first-order chi connectivity index (χ1) is 21.5. The molecular formula is C41H44IrN2Si-2. The van der Waals surface area contributed by atoms with Crippen LogP contribution in [0.1, 0.15) is 74.3 Å². The van der Waals surface area contributed by atoms with Crippen LogP contribution in [-0.4, -0.2) is 18.0 Å². The minimum Gasteiger partial charge on any atom is -0.305 e. The normalized spacial score (nSPS) is 15.3. The summed E-state index contributed by atoms with van der Waals surface area (Å²) in [6, 6.07) is 38.3. The molecule has 0 spiro atoms. The molecule has 0 aliphatic heterocycles. The zero-order valence-corrected chi connectivity index (χ0v) is 30.2. The molecule has 1 radical (unpaired) electrons. The Labute approximate surface area is 285 Å². The molecule has 233 valence electrons. The maximum absolute atomic E-state index is 4.75. The third-order valence-corrected chi connectivity index (χ3v) is 11.4. The number of rotatable bonds is 6. The molecule has 2 aliphatic rings. The fraction of sp³-hybridized carbons (Fsp3) is 0.317. The molecule has 2 saturated carbocycles. The van der Waals surface area contributed by atoms with E-state index in [0.29, 0.717) is 0 Å². The molecule has 0 N–H and O–H groups in total. The fourth-order valence-corrected chi connectivity index (χ4v) is 8.47. The van der Waals surface area contributed by atoms with Crippen LogP contribution < -0.4 is 5.19 Å². The van der Waals surface area contributed by atoms with Crippen LogP contribution in [0.4, 0.5) is 0 Å². The Hall–Kier alpha value is -3.17. The van der Waals surface area contributed by atoms with Crippen molar-refractivity contribution in [2.45, 2.75) is 82.8 Å². The standard InChI is InChI=1S/C22H20N.C19H24NSi.Ir/c1-2-7-18(8-3-1)21-13-14-22(23-16-21)20-12-6-11-19(15-20)17-9-4-5-10-17;1-21(2,3)19-14-20-18(16-11-5-4-6-12-16)13-17(19)15-9-7-8-10-15;/h1-3,6-8,11,13-17H,4-5,9-10H2;4-6,11,13-15H,7-10H2,1-3H3;/q2*-1;. The van der Waals surface area contributed by atoms with E-state index >= 15 is 0 Å². The first kappa shape index (κ1) is 33.2. The molecule has 45 heavy (non-hydrogen) atoms. The molecule has 2 heterocycles. The summed E-state index contributed by atoms with van der Waals surface area (Å²) in [6.45, 7) is 7.28. The minimum atomic E-state index is -1.34. The second kappa shape index (κ2) is 15.4. The van der Waals surface area contributed by atoms with Gasteiger partial charge in [-0.25, -0.2) is 0 Å². The van der Waals surface area contributed by atoms with Crippen LogP contribution in [0.15, 0.2) is 103 Å². The Morgan fingerprint density at radius 1 is 0.600 bits per heavy atom. The Morgan fingerprint density at radius 2 is 1.27 bits per heavy atom. The largest absolute Gasteiger partial charge is 0.305 e. The van der Waals surface area contributed by atoms with Crippen molar-refractivity contribution < 1.29 is 20.1 Å². The summed E-state index contributed by atoms with van der Waals surface area (Å²) >= 11 is 0. The molecule has 7 rings (SSSR count). The predicted molar refractivity (Wildman–Crippen MR) is 188 cm³/mol. The van der Waals surface area contributed by atoms with E-state index in [-0.39, 0.29) is 20.1 Å². The van der Waals surface area contributed by atoms with E-state index in [1.807, 2.05) is 24.4 Å². The number of aromatic nitrogens is 2. The third kappa shape index (κ3) is 8.36. The number of hydrogen-bond acceptors (Lipinski definition) is 2. The Morgan fingerprint density at radius 3 is 1.91 bits per heavy atom. The van der Waals surface area contributed by atoms with E-state index in [9.17, 15) is 0 Å². The summed E-state index contributed by atoms with van der Waals surface area (Å²) in [5, 5.41) is 1.55. The van der Waals surface area contributed by atoms with Gasteiger partial charge in [0.05, 0.1) is 8.07 Å². The molecule has 2 nitrogen and oxygen atoms in total. The molecule has 0 saturated heterocycles. The van der Waals surface area contributed by atoms with Crippen molar-refractivity contribution in [2.75, 3.05) is 0 Å².